The monoisotopic (exact) mass is 353 g/mol. The van der Waals surface area contributed by atoms with E-state index in [1.807, 2.05) is 37.3 Å². The van der Waals surface area contributed by atoms with E-state index in [1.165, 1.54) is 23.9 Å². The smallest absolute Gasteiger partial charge is 0.270 e. The topological polar surface area (TPSA) is 75.8 Å². The predicted molar refractivity (Wildman–Crippen MR) is 99.6 cm³/mol. The number of carbonyl (C=O) groups is 1. The van der Waals surface area contributed by atoms with Crippen LogP contribution in [0.4, 0.5) is 11.4 Å². The highest BCUT2D eigenvalue weighted by Crippen LogP contribution is 2.34. The summed E-state index contributed by atoms with van der Waals surface area (Å²) in [6.07, 6.45) is 1.66. The van der Waals surface area contributed by atoms with Gasteiger partial charge in [0.1, 0.15) is 0 Å². The standard InChI is InChI=1S/C18H15N3O3S/c1-2-20-17(22)16(12-13-7-6-10-15(11-13)21(23)24)25-18(20)19-14-8-4-3-5-9-14/h3-12H,2H2,1H3/b16-12+,19-18?. The molecule has 1 saturated heterocycles. The van der Waals surface area contributed by atoms with E-state index in [0.29, 0.717) is 22.2 Å². The summed E-state index contributed by atoms with van der Waals surface area (Å²) in [5.41, 5.74) is 1.38. The number of likely N-dealkylation sites (N-methyl/N-ethyl adjacent to an activating group) is 1. The van der Waals surface area contributed by atoms with Crippen LogP contribution in [0.5, 0.6) is 0 Å². The molecule has 0 N–H and O–H groups in total. The number of carbonyl (C=O) groups excluding carboxylic acids is 1. The fourth-order valence-electron chi connectivity index (χ4n) is 2.36. The van der Waals surface area contributed by atoms with Gasteiger partial charge < -0.3 is 0 Å². The molecule has 0 saturated carbocycles. The SMILES string of the molecule is CCN1C(=O)/C(=C\c2cccc([N+](=O)[O-])c2)SC1=Nc1ccccc1. The summed E-state index contributed by atoms with van der Waals surface area (Å²) in [4.78, 5) is 29.7. The van der Waals surface area contributed by atoms with Gasteiger partial charge in [0.2, 0.25) is 0 Å². The lowest BCUT2D eigenvalue weighted by Gasteiger charge is -2.11. The third kappa shape index (κ3) is 3.77. The predicted octanol–water partition coefficient (Wildman–Crippen LogP) is 4.22. The molecule has 2 aromatic rings. The Morgan fingerprint density at radius 3 is 2.64 bits per heavy atom. The summed E-state index contributed by atoms with van der Waals surface area (Å²) < 4.78 is 0. The molecule has 0 aromatic heterocycles. The number of amides is 1. The number of thioether (sulfide) groups is 1. The Morgan fingerprint density at radius 2 is 1.96 bits per heavy atom. The van der Waals surface area contributed by atoms with Gasteiger partial charge in [0.15, 0.2) is 5.17 Å². The molecule has 1 heterocycles. The van der Waals surface area contributed by atoms with Gasteiger partial charge >= 0.3 is 0 Å². The van der Waals surface area contributed by atoms with E-state index in [9.17, 15) is 14.9 Å². The molecule has 1 aliphatic rings. The lowest BCUT2D eigenvalue weighted by molar-refractivity contribution is -0.384. The minimum absolute atomic E-state index is 0.00433. The van der Waals surface area contributed by atoms with Crippen molar-refractivity contribution in [2.75, 3.05) is 6.54 Å². The van der Waals surface area contributed by atoms with E-state index < -0.39 is 4.92 Å². The van der Waals surface area contributed by atoms with E-state index in [4.69, 9.17) is 0 Å². The van der Waals surface area contributed by atoms with Crippen LogP contribution in [0.15, 0.2) is 64.5 Å². The molecule has 6 nitrogen and oxygen atoms in total. The van der Waals surface area contributed by atoms with Crippen LogP contribution < -0.4 is 0 Å². The van der Waals surface area contributed by atoms with Gasteiger partial charge in [-0.2, -0.15) is 0 Å². The molecule has 1 fully saturated rings. The van der Waals surface area contributed by atoms with Gasteiger partial charge in [0.05, 0.1) is 15.5 Å². The zero-order valence-corrected chi connectivity index (χ0v) is 14.3. The van der Waals surface area contributed by atoms with Gasteiger partial charge in [-0.3, -0.25) is 19.8 Å². The highest BCUT2D eigenvalue weighted by Gasteiger charge is 2.32. The minimum atomic E-state index is -0.452. The molecule has 3 rings (SSSR count). The molecule has 2 aromatic carbocycles. The summed E-state index contributed by atoms with van der Waals surface area (Å²) in [7, 11) is 0. The van der Waals surface area contributed by atoms with Crippen molar-refractivity contribution in [1.29, 1.82) is 0 Å². The molecule has 7 heteroatoms. The van der Waals surface area contributed by atoms with Gasteiger partial charge in [-0.15, -0.1) is 0 Å². The lowest BCUT2D eigenvalue weighted by Crippen LogP contribution is -2.28. The summed E-state index contributed by atoms with van der Waals surface area (Å²) in [5.74, 6) is -0.145. The second-order valence-electron chi connectivity index (χ2n) is 5.24. The van der Waals surface area contributed by atoms with Gasteiger partial charge in [0, 0.05) is 18.7 Å². The first kappa shape index (κ1) is 16.9. The number of nitro benzene ring substituents is 1. The number of para-hydroxylation sites is 1. The van der Waals surface area contributed by atoms with Crippen LogP contribution in [0.25, 0.3) is 6.08 Å². The summed E-state index contributed by atoms with van der Waals surface area (Å²) >= 11 is 1.27. The lowest BCUT2D eigenvalue weighted by atomic mass is 10.2. The third-order valence-corrected chi connectivity index (χ3v) is 4.57. The van der Waals surface area contributed by atoms with E-state index in [2.05, 4.69) is 4.99 Å². The highest BCUT2D eigenvalue weighted by molar-refractivity contribution is 8.18. The molecular formula is C18H15N3O3S. The van der Waals surface area contributed by atoms with Crippen molar-refractivity contribution in [3.63, 3.8) is 0 Å². The number of aliphatic imine (C=N–C) groups is 1. The summed E-state index contributed by atoms with van der Waals surface area (Å²) in [6, 6.07) is 15.6. The Labute approximate surface area is 149 Å². The minimum Gasteiger partial charge on any atom is -0.287 e. The van der Waals surface area contributed by atoms with E-state index in [1.54, 1.807) is 23.1 Å². The molecule has 0 aliphatic carbocycles. The van der Waals surface area contributed by atoms with Gasteiger partial charge in [-0.05, 0) is 42.5 Å². The zero-order valence-electron chi connectivity index (χ0n) is 13.5. The fraction of sp³-hybridized carbons (Fsp3) is 0.111. The normalized spacial score (nSPS) is 17.5. The maximum Gasteiger partial charge on any atom is 0.270 e. The summed E-state index contributed by atoms with van der Waals surface area (Å²) in [5, 5.41) is 11.5. The quantitative estimate of drug-likeness (QED) is 0.468. The van der Waals surface area contributed by atoms with E-state index in [-0.39, 0.29) is 11.6 Å². The Balaban J connectivity index is 1.93. The second kappa shape index (κ2) is 7.31. The molecule has 1 amide bonds. The van der Waals surface area contributed by atoms with Crippen LogP contribution in [0.2, 0.25) is 0 Å². The van der Waals surface area contributed by atoms with Crippen molar-refractivity contribution in [3.05, 3.63) is 75.2 Å². The molecule has 0 atom stereocenters. The molecule has 0 bridgehead atoms. The Kier molecular flexibility index (Phi) is 4.95. The molecule has 0 spiro atoms. The average molecular weight is 353 g/mol. The van der Waals surface area contributed by atoms with Crippen LogP contribution >= 0.6 is 11.8 Å². The van der Waals surface area contributed by atoms with Crippen molar-refractivity contribution < 1.29 is 9.72 Å². The second-order valence-corrected chi connectivity index (χ2v) is 6.25. The number of hydrogen-bond acceptors (Lipinski definition) is 5. The highest BCUT2D eigenvalue weighted by atomic mass is 32.2. The van der Waals surface area contributed by atoms with Crippen molar-refractivity contribution in [2.45, 2.75) is 6.92 Å². The van der Waals surface area contributed by atoms with Crippen LogP contribution in [-0.2, 0) is 4.79 Å². The van der Waals surface area contributed by atoms with Crippen molar-refractivity contribution >= 4 is 40.3 Å². The third-order valence-electron chi connectivity index (χ3n) is 3.56. The first-order valence-corrected chi connectivity index (χ1v) is 8.49. The van der Waals surface area contributed by atoms with Crippen LogP contribution in [0, 0.1) is 10.1 Å². The van der Waals surface area contributed by atoms with Gasteiger partial charge in [-0.1, -0.05) is 30.3 Å². The molecule has 0 unspecified atom stereocenters. The van der Waals surface area contributed by atoms with Gasteiger partial charge in [0.25, 0.3) is 11.6 Å². The Hall–Kier alpha value is -2.93. The average Bonchev–Trinajstić information content (AvgIpc) is 2.90. The molecule has 0 radical (unpaired) electrons. The first-order chi connectivity index (χ1) is 12.1. The maximum absolute atomic E-state index is 12.6. The fourth-order valence-corrected chi connectivity index (χ4v) is 3.43. The van der Waals surface area contributed by atoms with Crippen LogP contribution in [-0.4, -0.2) is 27.4 Å². The molecule has 1 aliphatic heterocycles. The zero-order chi connectivity index (χ0) is 17.8. The molecule has 25 heavy (non-hydrogen) atoms. The van der Waals surface area contributed by atoms with Crippen molar-refractivity contribution in [1.82, 2.24) is 4.90 Å². The number of non-ortho nitro benzene ring substituents is 1. The van der Waals surface area contributed by atoms with Gasteiger partial charge in [-0.25, -0.2) is 4.99 Å². The molecular weight excluding hydrogens is 338 g/mol. The van der Waals surface area contributed by atoms with Crippen molar-refractivity contribution in [3.8, 4) is 0 Å². The number of amidine groups is 1. The Bertz CT molecular complexity index is 878. The van der Waals surface area contributed by atoms with Crippen molar-refractivity contribution in [2.24, 2.45) is 4.99 Å². The Morgan fingerprint density at radius 1 is 1.20 bits per heavy atom. The number of nitrogens with zero attached hydrogens (tertiary/aromatic N) is 3. The first-order valence-electron chi connectivity index (χ1n) is 7.68. The largest absolute Gasteiger partial charge is 0.287 e. The number of hydrogen-bond donors (Lipinski definition) is 0. The van der Waals surface area contributed by atoms with Crippen LogP contribution in [0.3, 0.4) is 0 Å². The van der Waals surface area contributed by atoms with Crippen LogP contribution in [0.1, 0.15) is 12.5 Å². The maximum atomic E-state index is 12.6. The number of benzene rings is 2. The van der Waals surface area contributed by atoms with E-state index in [0.717, 1.165) is 5.69 Å². The summed E-state index contributed by atoms with van der Waals surface area (Å²) in [6.45, 7) is 2.39. The van der Waals surface area contributed by atoms with E-state index >= 15 is 0 Å². The molecule has 126 valence electrons. The number of rotatable bonds is 4. The number of nitro groups is 1.